The Labute approximate surface area is 454 Å². The zero-order chi connectivity index (χ0) is 56.5. The largest absolute Gasteiger partial charge is 0.456 e. The SMILES string of the molecule is CN1c2cc3c(cc2C(CS(=O)(=O)O)=CC1(C)C)C1(c2cc4c(cc2O3)N(C)C(C)(C)C=C4CS(=O)(=O)O)c2cc(C(=O)NCCOCCOCCCCCCCl)ccc2C(=O)N1c1ccc2c(C(F)(F)F)cc(=O)oc2c1. The summed E-state index contributed by atoms with van der Waals surface area (Å²) in [5.41, 5.74) is -4.88. The maximum absolute atomic E-state index is 15.8. The number of likely N-dealkylation sites (N-methyl/N-ethyl adjacent to an activating group) is 2. The number of rotatable bonds is 18. The highest BCUT2D eigenvalue weighted by atomic mass is 35.5. The molecule has 0 unspecified atom stereocenters. The molecule has 0 fully saturated rings. The fourth-order valence-electron chi connectivity index (χ4n) is 10.9. The molecule has 0 saturated heterocycles. The van der Waals surface area contributed by atoms with Gasteiger partial charge in [0.25, 0.3) is 32.1 Å². The Hall–Kier alpha value is -6.27. The first-order chi connectivity index (χ1) is 36.6. The van der Waals surface area contributed by atoms with Gasteiger partial charge in [-0.25, -0.2) is 4.79 Å². The first-order valence-electron chi connectivity index (χ1n) is 25.1. The van der Waals surface area contributed by atoms with E-state index in [1.54, 1.807) is 50.5 Å². The van der Waals surface area contributed by atoms with E-state index >= 15 is 4.79 Å². The first-order valence-corrected chi connectivity index (χ1v) is 28.8. The monoisotopic (exact) mass is 1140 g/mol. The quantitative estimate of drug-likeness (QED) is 0.0322. The molecule has 1 aromatic heterocycles. The average Bonchev–Trinajstić information content (AvgIpc) is 2.83. The van der Waals surface area contributed by atoms with Crippen molar-refractivity contribution < 1.29 is 67.3 Å². The lowest BCUT2D eigenvalue weighted by atomic mass is 9.71. The van der Waals surface area contributed by atoms with Crippen LogP contribution < -0.4 is 30.4 Å². The molecule has 2 amide bonds. The molecule has 416 valence electrons. The third-order valence-electron chi connectivity index (χ3n) is 14.9. The van der Waals surface area contributed by atoms with Crippen molar-refractivity contribution in [2.24, 2.45) is 0 Å². The molecule has 0 aliphatic carbocycles. The number of anilines is 3. The Morgan fingerprint density at radius 3 is 1.82 bits per heavy atom. The molecule has 3 N–H and O–H groups in total. The molecule has 78 heavy (non-hydrogen) atoms. The zero-order valence-electron chi connectivity index (χ0n) is 43.5. The molecule has 17 nitrogen and oxygen atoms in total. The highest BCUT2D eigenvalue weighted by Crippen LogP contribution is 2.62. The Balaban J connectivity index is 1.28. The van der Waals surface area contributed by atoms with Gasteiger partial charge >= 0.3 is 11.8 Å². The van der Waals surface area contributed by atoms with E-state index in [2.05, 4.69) is 5.32 Å². The number of carbonyl (C=O) groups excluding carboxylic acids is 2. The number of carbonyl (C=O) groups is 2. The molecule has 1 spiro atoms. The van der Waals surface area contributed by atoms with Crippen LogP contribution in [0.15, 0.2) is 88.1 Å². The van der Waals surface area contributed by atoms with E-state index in [4.69, 9.17) is 30.2 Å². The summed E-state index contributed by atoms with van der Waals surface area (Å²) >= 11 is 5.75. The van der Waals surface area contributed by atoms with Gasteiger partial charge in [-0.3, -0.25) is 23.6 Å². The minimum absolute atomic E-state index is 0.00679. The van der Waals surface area contributed by atoms with E-state index in [0.29, 0.717) is 36.5 Å². The summed E-state index contributed by atoms with van der Waals surface area (Å²) in [6.07, 6.45) is 2.18. The van der Waals surface area contributed by atoms with Crippen molar-refractivity contribution in [2.45, 2.75) is 76.2 Å². The lowest BCUT2D eigenvalue weighted by Gasteiger charge is -2.47. The van der Waals surface area contributed by atoms with Crippen LogP contribution in [0.4, 0.5) is 30.2 Å². The number of nitrogens with zero attached hydrogens (tertiary/aromatic N) is 3. The number of nitrogens with one attached hydrogen (secondary N) is 1. The van der Waals surface area contributed by atoms with Crippen LogP contribution in [0.1, 0.15) is 107 Å². The minimum atomic E-state index is -5.00. The van der Waals surface area contributed by atoms with Gasteiger partial charge in [-0.2, -0.15) is 30.0 Å². The normalized spacial score (nSPS) is 17.0. The van der Waals surface area contributed by atoms with Crippen molar-refractivity contribution in [3.05, 3.63) is 134 Å². The highest BCUT2D eigenvalue weighted by molar-refractivity contribution is 7.86. The predicted octanol–water partition coefficient (Wildman–Crippen LogP) is 9.43. The van der Waals surface area contributed by atoms with Crippen LogP contribution in [-0.2, 0) is 41.4 Å². The van der Waals surface area contributed by atoms with Crippen molar-refractivity contribution in [2.75, 3.05) is 79.2 Å². The fraction of sp³-hybridized carbons (Fsp3) is 0.400. The van der Waals surface area contributed by atoms with E-state index < -0.39 is 88.5 Å². The van der Waals surface area contributed by atoms with Crippen LogP contribution in [0.3, 0.4) is 0 Å². The Morgan fingerprint density at radius 1 is 0.705 bits per heavy atom. The van der Waals surface area contributed by atoms with Crippen LogP contribution >= 0.6 is 11.6 Å². The molecular formula is C55H58ClF3N4O13S2. The number of benzene rings is 4. The summed E-state index contributed by atoms with van der Waals surface area (Å²) in [5.74, 6) is -2.22. The predicted molar refractivity (Wildman–Crippen MR) is 290 cm³/mol. The smallest absolute Gasteiger partial charge is 0.417 e. The second kappa shape index (κ2) is 20.8. The molecule has 0 saturated carbocycles. The van der Waals surface area contributed by atoms with Crippen LogP contribution in [-0.4, -0.2) is 113 Å². The number of alkyl halides is 4. The lowest BCUT2D eigenvalue weighted by Crippen LogP contribution is -2.49. The standard InChI is InChI=1S/C55H58ClF3N4O13S2/c1-52(2)28-33(30-77(67,68)69)38-23-42-47(26-44(38)61(52)5)75-48-27-45-39(34(31-78(70,71)72)29-53(3,4)62(45)6)24-43(48)54(42)40-21-32(50(65)60-16-18-74-20-19-73-17-10-8-7-9-15-56)11-13-37(40)51(66)63(54)35-12-14-36-41(55(57,58)59)25-49(64)76-46(36)22-35/h11-14,21-29H,7-10,15-20,30-31H2,1-6H3,(H,60,65)(H,67,68,69)(H,70,71,72). The van der Waals surface area contributed by atoms with Crippen molar-refractivity contribution in [3.63, 3.8) is 0 Å². The first kappa shape index (κ1) is 56.5. The van der Waals surface area contributed by atoms with E-state index in [9.17, 15) is 48.7 Å². The summed E-state index contributed by atoms with van der Waals surface area (Å²) in [7, 11) is -5.87. The second-order valence-corrected chi connectivity index (χ2v) is 24.2. The summed E-state index contributed by atoms with van der Waals surface area (Å²) in [5, 5.41) is 2.35. The molecule has 0 radical (unpaired) electrons. The number of unbranched alkanes of at least 4 members (excludes halogenated alkanes) is 3. The highest BCUT2D eigenvalue weighted by Gasteiger charge is 2.58. The Bertz CT molecular complexity index is 3510. The summed E-state index contributed by atoms with van der Waals surface area (Å²) in [6, 6.07) is 14.6. The number of amides is 2. The number of hydrogen-bond acceptors (Lipinski definition) is 13. The van der Waals surface area contributed by atoms with Gasteiger partial charge in [0.1, 0.15) is 34.1 Å². The van der Waals surface area contributed by atoms with Gasteiger partial charge in [0, 0.05) is 119 Å². The summed E-state index contributed by atoms with van der Waals surface area (Å²) in [6.45, 7) is 8.67. The number of fused-ring (bicyclic) bond motifs is 9. The molecule has 4 aliphatic heterocycles. The third kappa shape index (κ3) is 10.7. The fourth-order valence-corrected chi connectivity index (χ4v) is 12.4. The lowest BCUT2D eigenvalue weighted by molar-refractivity contribution is -0.136. The maximum atomic E-state index is 15.8. The van der Waals surface area contributed by atoms with Crippen LogP contribution in [0.5, 0.6) is 11.5 Å². The minimum Gasteiger partial charge on any atom is -0.456 e. The van der Waals surface area contributed by atoms with Gasteiger partial charge in [0.05, 0.1) is 36.5 Å². The van der Waals surface area contributed by atoms with Crippen molar-refractivity contribution in [1.82, 2.24) is 5.32 Å². The maximum Gasteiger partial charge on any atom is 0.417 e. The van der Waals surface area contributed by atoms with Crippen LogP contribution in [0, 0.1) is 0 Å². The van der Waals surface area contributed by atoms with Crippen LogP contribution in [0.25, 0.3) is 22.1 Å². The molecule has 23 heteroatoms. The van der Waals surface area contributed by atoms with Gasteiger partial charge in [0.2, 0.25) is 0 Å². The van der Waals surface area contributed by atoms with Gasteiger partial charge in [-0.05, 0) is 94.1 Å². The molecule has 5 aromatic rings. The molecule has 0 bridgehead atoms. The van der Waals surface area contributed by atoms with Gasteiger partial charge < -0.3 is 33.7 Å². The van der Waals surface area contributed by atoms with Gasteiger partial charge in [0.15, 0.2) is 0 Å². The third-order valence-corrected chi connectivity index (χ3v) is 16.5. The number of hydrogen-bond donors (Lipinski definition) is 3. The van der Waals surface area contributed by atoms with Crippen LogP contribution in [0.2, 0.25) is 0 Å². The van der Waals surface area contributed by atoms with E-state index in [1.807, 2.05) is 37.5 Å². The van der Waals surface area contributed by atoms with E-state index in [1.165, 1.54) is 29.2 Å². The topological polar surface area (TPSA) is 223 Å². The van der Waals surface area contributed by atoms with Crippen molar-refractivity contribution in [3.8, 4) is 11.5 Å². The molecular weight excluding hydrogens is 1080 g/mol. The Kier molecular flexibility index (Phi) is 15.0. The number of ether oxygens (including phenoxy) is 3. The van der Waals surface area contributed by atoms with E-state index in [0.717, 1.165) is 37.8 Å². The molecule has 9 rings (SSSR count). The average molecular weight is 1140 g/mol. The zero-order valence-corrected chi connectivity index (χ0v) is 45.9. The second-order valence-electron chi connectivity index (χ2n) is 20.9. The summed E-state index contributed by atoms with van der Waals surface area (Å²) in [4.78, 5) is 47.9. The van der Waals surface area contributed by atoms with E-state index in [-0.39, 0.29) is 87.0 Å². The van der Waals surface area contributed by atoms with Crippen molar-refractivity contribution in [1.29, 1.82) is 0 Å². The Morgan fingerprint density at radius 2 is 1.27 bits per heavy atom. The molecule has 0 atom stereocenters. The van der Waals surface area contributed by atoms with Crippen molar-refractivity contribution >= 4 is 82.8 Å². The molecule has 4 aliphatic rings. The number of halogens is 4. The van der Waals surface area contributed by atoms with Gasteiger partial charge in [-0.1, -0.05) is 25.0 Å². The summed E-state index contributed by atoms with van der Waals surface area (Å²) < 4.78 is 139. The molecule has 5 heterocycles. The molecule has 4 aromatic carbocycles. The van der Waals surface area contributed by atoms with Gasteiger partial charge in [-0.15, -0.1) is 11.6 Å².